The predicted molar refractivity (Wildman–Crippen MR) is 140 cm³/mol. The maximum absolute atomic E-state index is 12.6. The number of amides is 1. The Morgan fingerprint density at radius 2 is 1.78 bits per heavy atom. The molecule has 1 amide bonds. The zero-order valence-electron chi connectivity index (χ0n) is 21.9. The van der Waals surface area contributed by atoms with Crippen molar-refractivity contribution in [2.45, 2.75) is 40.7 Å². The van der Waals surface area contributed by atoms with E-state index in [9.17, 15) is 14.9 Å². The molecule has 1 saturated heterocycles. The van der Waals surface area contributed by atoms with Crippen LogP contribution in [0, 0.1) is 31.1 Å². The highest BCUT2D eigenvalue weighted by Gasteiger charge is 2.23. The van der Waals surface area contributed by atoms with Gasteiger partial charge in [-0.15, -0.1) is 0 Å². The van der Waals surface area contributed by atoms with Crippen LogP contribution in [0.5, 0.6) is 5.75 Å². The van der Waals surface area contributed by atoms with Crippen molar-refractivity contribution < 1.29 is 19.1 Å². The Morgan fingerprint density at radius 3 is 2.36 bits per heavy atom. The zero-order chi connectivity index (χ0) is 26.2. The Balaban J connectivity index is 1.54. The Labute approximate surface area is 213 Å². The SMILES string of the molecule is COc1ccc(N2CCN(C(=O)COC(=O)/C(C#N)=C\c3cc(C)n(CCC(C)C)c3C)CC2)cc1. The molecule has 0 N–H and O–H groups in total. The van der Waals surface area contributed by atoms with Crippen LogP contribution in [0.1, 0.15) is 37.2 Å². The Morgan fingerprint density at radius 1 is 1.11 bits per heavy atom. The number of hydrogen-bond acceptors (Lipinski definition) is 6. The van der Waals surface area contributed by atoms with Gasteiger partial charge in [-0.2, -0.15) is 5.26 Å². The molecule has 0 bridgehead atoms. The molecular formula is C28H36N4O4. The number of hydrogen-bond donors (Lipinski definition) is 0. The van der Waals surface area contributed by atoms with Crippen LogP contribution in [0.2, 0.25) is 0 Å². The van der Waals surface area contributed by atoms with Crippen LogP contribution in [0.15, 0.2) is 35.9 Å². The van der Waals surface area contributed by atoms with E-state index in [2.05, 4.69) is 23.3 Å². The molecule has 1 aliphatic rings. The molecule has 0 aliphatic carbocycles. The van der Waals surface area contributed by atoms with Crippen LogP contribution in [0.25, 0.3) is 6.08 Å². The first kappa shape index (κ1) is 26.9. The smallest absolute Gasteiger partial charge is 0.349 e. The van der Waals surface area contributed by atoms with Crippen molar-refractivity contribution in [2.24, 2.45) is 5.92 Å². The average Bonchev–Trinajstić information content (AvgIpc) is 3.16. The van der Waals surface area contributed by atoms with Gasteiger partial charge >= 0.3 is 5.97 Å². The summed E-state index contributed by atoms with van der Waals surface area (Å²) in [5, 5.41) is 9.55. The number of benzene rings is 1. The molecule has 36 heavy (non-hydrogen) atoms. The summed E-state index contributed by atoms with van der Waals surface area (Å²) in [6.45, 7) is 11.3. The third-order valence-electron chi connectivity index (χ3n) is 6.58. The maximum Gasteiger partial charge on any atom is 0.349 e. The molecule has 8 heteroatoms. The molecule has 0 spiro atoms. The van der Waals surface area contributed by atoms with Crippen molar-refractivity contribution in [3.8, 4) is 11.8 Å². The molecule has 2 aromatic rings. The summed E-state index contributed by atoms with van der Waals surface area (Å²) in [6, 6.07) is 11.7. The summed E-state index contributed by atoms with van der Waals surface area (Å²) in [5.74, 6) is 0.337. The van der Waals surface area contributed by atoms with Gasteiger partial charge in [-0.3, -0.25) is 4.79 Å². The third kappa shape index (κ3) is 6.69. The molecule has 0 atom stereocenters. The van der Waals surface area contributed by atoms with E-state index in [0.717, 1.165) is 41.4 Å². The van der Waals surface area contributed by atoms with E-state index in [4.69, 9.17) is 9.47 Å². The summed E-state index contributed by atoms with van der Waals surface area (Å²) < 4.78 is 12.6. The standard InChI is InChI=1S/C28H36N4O4/c1-20(2)10-11-32-21(3)16-23(22(32)4)17-24(18-29)28(34)36-19-27(33)31-14-12-30(13-15-31)25-6-8-26(35-5)9-7-25/h6-9,16-17,20H,10-15,19H2,1-5H3/b24-17-. The van der Waals surface area contributed by atoms with Crippen LogP contribution in [-0.4, -0.2) is 61.2 Å². The summed E-state index contributed by atoms with van der Waals surface area (Å²) in [7, 11) is 1.63. The van der Waals surface area contributed by atoms with Crippen molar-refractivity contribution in [3.05, 3.63) is 52.9 Å². The van der Waals surface area contributed by atoms with Crippen LogP contribution < -0.4 is 9.64 Å². The van der Waals surface area contributed by atoms with Gasteiger partial charge in [0.15, 0.2) is 6.61 Å². The normalized spacial score (nSPS) is 14.1. The van der Waals surface area contributed by atoms with E-state index in [1.165, 1.54) is 0 Å². The first-order chi connectivity index (χ1) is 17.2. The molecule has 1 aromatic heterocycles. The number of carbonyl (C=O) groups is 2. The minimum absolute atomic E-state index is 0.115. The number of ether oxygens (including phenoxy) is 2. The fourth-order valence-electron chi connectivity index (χ4n) is 4.30. The number of anilines is 1. The van der Waals surface area contributed by atoms with Gasteiger partial charge in [0.05, 0.1) is 7.11 Å². The van der Waals surface area contributed by atoms with E-state index in [-0.39, 0.29) is 18.1 Å². The lowest BCUT2D eigenvalue weighted by molar-refractivity contribution is -0.148. The molecular weight excluding hydrogens is 456 g/mol. The monoisotopic (exact) mass is 492 g/mol. The Hall–Kier alpha value is -3.73. The lowest BCUT2D eigenvalue weighted by atomic mass is 10.1. The average molecular weight is 493 g/mol. The van der Waals surface area contributed by atoms with Crippen molar-refractivity contribution in [2.75, 3.05) is 44.8 Å². The molecule has 1 aliphatic heterocycles. The second kappa shape index (κ2) is 12.3. The van der Waals surface area contributed by atoms with E-state index in [1.54, 1.807) is 18.1 Å². The predicted octanol–water partition coefficient (Wildman–Crippen LogP) is 3.96. The maximum atomic E-state index is 12.6. The number of methoxy groups -OCH3 is 1. The summed E-state index contributed by atoms with van der Waals surface area (Å²) >= 11 is 0. The number of aryl methyl sites for hydroxylation is 1. The van der Waals surface area contributed by atoms with E-state index >= 15 is 0 Å². The largest absolute Gasteiger partial charge is 0.497 e. The highest BCUT2D eigenvalue weighted by atomic mass is 16.5. The highest BCUT2D eigenvalue weighted by molar-refractivity contribution is 5.99. The number of piperazine rings is 1. The molecule has 0 radical (unpaired) electrons. The molecule has 3 rings (SSSR count). The summed E-state index contributed by atoms with van der Waals surface area (Å²) in [4.78, 5) is 29.1. The first-order valence-electron chi connectivity index (χ1n) is 12.4. The second-order valence-corrected chi connectivity index (χ2v) is 9.47. The quantitative estimate of drug-likeness (QED) is 0.299. The van der Waals surface area contributed by atoms with E-state index in [1.807, 2.05) is 50.2 Å². The van der Waals surface area contributed by atoms with Gasteiger partial charge in [-0.05, 0) is 68.2 Å². The molecule has 0 saturated carbocycles. The van der Waals surface area contributed by atoms with Crippen LogP contribution in [-0.2, 0) is 20.9 Å². The van der Waals surface area contributed by atoms with Crippen molar-refractivity contribution in [1.29, 1.82) is 5.26 Å². The summed E-state index contributed by atoms with van der Waals surface area (Å²) in [5.41, 5.74) is 3.84. The first-order valence-corrected chi connectivity index (χ1v) is 12.4. The van der Waals surface area contributed by atoms with Crippen LogP contribution >= 0.6 is 0 Å². The lowest BCUT2D eigenvalue weighted by Gasteiger charge is -2.36. The molecule has 1 aromatic carbocycles. The second-order valence-electron chi connectivity index (χ2n) is 9.47. The molecule has 0 unspecified atom stereocenters. The lowest BCUT2D eigenvalue weighted by Crippen LogP contribution is -2.49. The summed E-state index contributed by atoms with van der Waals surface area (Å²) in [6.07, 6.45) is 2.60. The minimum atomic E-state index is -0.783. The number of nitrogens with zero attached hydrogens (tertiary/aromatic N) is 4. The zero-order valence-corrected chi connectivity index (χ0v) is 21.9. The van der Waals surface area contributed by atoms with Gasteiger partial charge in [-0.1, -0.05) is 13.8 Å². The fourth-order valence-corrected chi connectivity index (χ4v) is 4.30. The van der Waals surface area contributed by atoms with Crippen molar-refractivity contribution in [3.63, 3.8) is 0 Å². The molecule has 2 heterocycles. The Kier molecular flexibility index (Phi) is 9.18. The van der Waals surface area contributed by atoms with E-state index in [0.29, 0.717) is 32.1 Å². The van der Waals surface area contributed by atoms with Crippen molar-refractivity contribution in [1.82, 2.24) is 9.47 Å². The number of carbonyl (C=O) groups excluding carboxylic acids is 2. The molecule has 8 nitrogen and oxygen atoms in total. The minimum Gasteiger partial charge on any atom is -0.497 e. The topological polar surface area (TPSA) is 87.8 Å². The van der Waals surface area contributed by atoms with Gasteiger partial charge in [-0.25, -0.2) is 4.79 Å². The number of nitriles is 1. The van der Waals surface area contributed by atoms with Gasteiger partial charge in [0.1, 0.15) is 17.4 Å². The van der Waals surface area contributed by atoms with Crippen LogP contribution in [0.4, 0.5) is 5.69 Å². The van der Waals surface area contributed by atoms with Gasteiger partial charge < -0.3 is 23.8 Å². The third-order valence-corrected chi connectivity index (χ3v) is 6.58. The molecule has 192 valence electrons. The fraction of sp³-hybridized carbons (Fsp3) is 0.464. The number of rotatable bonds is 9. The van der Waals surface area contributed by atoms with Gasteiger partial charge in [0.25, 0.3) is 5.91 Å². The number of esters is 1. The highest BCUT2D eigenvalue weighted by Crippen LogP contribution is 2.22. The van der Waals surface area contributed by atoms with Crippen molar-refractivity contribution >= 4 is 23.6 Å². The molecule has 1 fully saturated rings. The number of aromatic nitrogens is 1. The van der Waals surface area contributed by atoms with E-state index < -0.39 is 5.97 Å². The Bertz CT molecular complexity index is 1130. The van der Waals surface area contributed by atoms with Crippen LogP contribution in [0.3, 0.4) is 0 Å². The van der Waals surface area contributed by atoms with Gasteiger partial charge in [0.2, 0.25) is 0 Å². The van der Waals surface area contributed by atoms with Gasteiger partial charge in [0, 0.05) is 49.8 Å².